The summed E-state index contributed by atoms with van der Waals surface area (Å²) in [5.74, 6) is -0.313. The van der Waals surface area contributed by atoms with E-state index in [1.807, 2.05) is 0 Å². The van der Waals surface area contributed by atoms with Gasteiger partial charge in [-0.15, -0.1) is 12.6 Å². The molecule has 0 spiro atoms. The molecular weight excluding hydrogens is 266 g/mol. The first kappa shape index (κ1) is 13.1. The van der Waals surface area contributed by atoms with Crippen LogP contribution in [0.3, 0.4) is 0 Å². The minimum Gasteiger partial charge on any atom is -0.423 e. The second kappa shape index (κ2) is 5.53. The summed E-state index contributed by atoms with van der Waals surface area (Å²) in [5, 5.41) is 10.5. The molecule has 2 aromatic carbocycles. The van der Waals surface area contributed by atoms with Gasteiger partial charge in [-0.1, -0.05) is 12.1 Å². The van der Waals surface area contributed by atoms with Gasteiger partial charge in [0.2, 0.25) is 0 Å². The number of benzene rings is 2. The molecule has 0 fully saturated rings. The largest absolute Gasteiger partial charge is 0.423 e. The highest BCUT2D eigenvalue weighted by Crippen LogP contribution is 2.20. The van der Waals surface area contributed by atoms with Gasteiger partial charge >= 0.3 is 5.97 Å². The predicted octanol–water partition coefficient (Wildman–Crippen LogP) is 3.10. The number of carbonyl (C=O) groups is 1. The minimum absolute atomic E-state index is 0.0607. The van der Waals surface area contributed by atoms with Gasteiger partial charge in [0, 0.05) is 17.0 Å². The first-order chi connectivity index (χ1) is 9.08. The molecular formula is C13H9NO4S. The Labute approximate surface area is 114 Å². The van der Waals surface area contributed by atoms with Crippen LogP contribution in [0, 0.1) is 10.1 Å². The molecule has 0 amide bonds. The molecule has 0 aliphatic rings. The van der Waals surface area contributed by atoms with Gasteiger partial charge in [0.15, 0.2) is 0 Å². The lowest BCUT2D eigenvalue weighted by Gasteiger charge is -2.05. The third kappa shape index (κ3) is 3.11. The SMILES string of the molecule is O=C(Oc1ccc([N+](=O)[O-])cc1)c1ccccc1S. The lowest BCUT2D eigenvalue weighted by molar-refractivity contribution is -0.384. The number of ether oxygens (including phenoxy) is 1. The van der Waals surface area contributed by atoms with E-state index in [0.717, 1.165) is 0 Å². The van der Waals surface area contributed by atoms with Crippen LogP contribution in [0.4, 0.5) is 5.69 Å². The van der Waals surface area contributed by atoms with Crippen molar-refractivity contribution in [2.75, 3.05) is 0 Å². The van der Waals surface area contributed by atoms with Crippen molar-refractivity contribution in [3.05, 3.63) is 64.2 Å². The Balaban J connectivity index is 2.15. The zero-order chi connectivity index (χ0) is 13.8. The van der Waals surface area contributed by atoms with E-state index in [1.165, 1.54) is 24.3 Å². The fourth-order valence-electron chi connectivity index (χ4n) is 1.44. The van der Waals surface area contributed by atoms with E-state index in [2.05, 4.69) is 12.6 Å². The van der Waals surface area contributed by atoms with Crippen molar-refractivity contribution < 1.29 is 14.5 Å². The minimum atomic E-state index is -0.556. The smallest absolute Gasteiger partial charge is 0.344 e. The molecule has 5 nitrogen and oxygen atoms in total. The maximum Gasteiger partial charge on any atom is 0.344 e. The number of hydrogen-bond acceptors (Lipinski definition) is 5. The number of rotatable bonds is 3. The summed E-state index contributed by atoms with van der Waals surface area (Å²) >= 11 is 4.16. The quantitative estimate of drug-likeness (QED) is 0.307. The average molecular weight is 275 g/mol. The molecule has 2 rings (SSSR count). The lowest BCUT2D eigenvalue weighted by atomic mass is 10.2. The monoisotopic (exact) mass is 275 g/mol. The third-order valence-electron chi connectivity index (χ3n) is 2.38. The van der Waals surface area contributed by atoms with Crippen LogP contribution in [-0.2, 0) is 0 Å². The number of carbonyl (C=O) groups excluding carboxylic acids is 1. The third-order valence-corrected chi connectivity index (χ3v) is 2.77. The van der Waals surface area contributed by atoms with Gasteiger partial charge in [0.1, 0.15) is 5.75 Å². The lowest BCUT2D eigenvalue weighted by Crippen LogP contribution is -2.09. The molecule has 19 heavy (non-hydrogen) atoms. The van der Waals surface area contributed by atoms with Gasteiger partial charge in [-0.3, -0.25) is 10.1 Å². The number of nitro groups is 1. The van der Waals surface area contributed by atoms with Crippen LogP contribution in [0.1, 0.15) is 10.4 Å². The Bertz CT molecular complexity index is 625. The summed E-state index contributed by atoms with van der Waals surface area (Å²) in [5.41, 5.74) is 0.276. The van der Waals surface area contributed by atoms with Gasteiger partial charge in [0.05, 0.1) is 10.5 Å². The van der Waals surface area contributed by atoms with E-state index in [9.17, 15) is 14.9 Å². The number of nitro benzene ring substituents is 1. The normalized spacial score (nSPS) is 9.95. The number of non-ortho nitro benzene ring substituents is 1. The molecule has 96 valence electrons. The van der Waals surface area contributed by atoms with Crippen molar-refractivity contribution in [2.45, 2.75) is 4.90 Å². The first-order valence-electron chi connectivity index (χ1n) is 5.32. The summed E-state index contributed by atoms with van der Waals surface area (Å²) in [6.07, 6.45) is 0. The molecule has 0 aliphatic carbocycles. The maximum atomic E-state index is 11.8. The van der Waals surface area contributed by atoms with Crippen molar-refractivity contribution in [3.63, 3.8) is 0 Å². The van der Waals surface area contributed by atoms with E-state index >= 15 is 0 Å². The summed E-state index contributed by atoms with van der Waals surface area (Å²) in [6.45, 7) is 0. The summed E-state index contributed by atoms with van der Waals surface area (Å²) in [6, 6.07) is 12.0. The number of hydrogen-bond donors (Lipinski definition) is 1. The number of thiol groups is 1. The summed E-state index contributed by atoms with van der Waals surface area (Å²) in [7, 11) is 0. The molecule has 0 aliphatic heterocycles. The van der Waals surface area contributed by atoms with Crippen molar-refractivity contribution >= 4 is 24.3 Å². The van der Waals surface area contributed by atoms with Gasteiger partial charge in [-0.05, 0) is 24.3 Å². The van der Waals surface area contributed by atoms with Crippen molar-refractivity contribution in [1.29, 1.82) is 0 Å². The molecule has 0 saturated carbocycles. The fourth-order valence-corrected chi connectivity index (χ4v) is 1.70. The van der Waals surface area contributed by atoms with E-state index in [0.29, 0.717) is 10.5 Å². The standard InChI is InChI=1S/C13H9NO4S/c15-13(11-3-1-2-4-12(11)19)18-10-7-5-9(6-8-10)14(16)17/h1-8,19H. The second-order valence-corrected chi connectivity index (χ2v) is 4.14. The van der Waals surface area contributed by atoms with Gasteiger partial charge in [0.25, 0.3) is 5.69 Å². The molecule has 0 heterocycles. The summed E-state index contributed by atoms with van der Waals surface area (Å²) < 4.78 is 5.11. The van der Waals surface area contributed by atoms with Crippen LogP contribution in [0.2, 0.25) is 0 Å². The molecule has 0 unspecified atom stereocenters. The Hall–Kier alpha value is -2.34. The van der Waals surface area contributed by atoms with Crippen molar-refractivity contribution in [3.8, 4) is 5.75 Å². The predicted molar refractivity (Wildman–Crippen MR) is 71.7 cm³/mol. The Kier molecular flexibility index (Phi) is 3.82. The molecule has 0 bridgehead atoms. The Morgan fingerprint density at radius 3 is 2.32 bits per heavy atom. The topological polar surface area (TPSA) is 69.4 Å². The van der Waals surface area contributed by atoms with Crippen LogP contribution in [-0.4, -0.2) is 10.9 Å². The van der Waals surface area contributed by atoms with Crippen molar-refractivity contribution in [2.24, 2.45) is 0 Å². The fraction of sp³-hybridized carbons (Fsp3) is 0. The van der Waals surface area contributed by atoms with Crippen LogP contribution >= 0.6 is 12.6 Å². The average Bonchev–Trinajstić information content (AvgIpc) is 2.39. The number of esters is 1. The van der Waals surface area contributed by atoms with Gasteiger partial charge in [-0.2, -0.15) is 0 Å². The molecule has 0 saturated heterocycles. The van der Waals surface area contributed by atoms with E-state index in [1.54, 1.807) is 24.3 Å². The van der Waals surface area contributed by atoms with Crippen molar-refractivity contribution in [1.82, 2.24) is 0 Å². The van der Waals surface area contributed by atoms with Crippen LogP contribution in [0.15, 0.2) is 53.4 Å². The van der Waals surface area contributed by atoms with E-state index < -0.39 is 10.9 Å². The van der Waals surface area contributed by atoms with Crippen LogP contribution < -0.4 is 4.74 Å². The Morgan fingerprint density at radius 2 is 1.74 bits per heavy atom. The van der Waals surface area contributed by atoms with E-state index in [-0.39, 0.29) is 11.4 Å². The highest BCUT2D eigenvalue weighted by molar-refractivity contribution is 7.80. The second-order valence-electron chi connectivity index (χ2n) is 3.66. The highest BCUT2D eigenvalue weighted by atomic mass is 32.1. The number of nitrogens with zero attached hydrogens (tertiary/aromatic N) is 1. The molecule has 0 radical (unpaired) electrons. The first-order valence-corrected chi connectivity index (χ1v) is 5.77. The Morgan fingerprint density at radius 1 is 1.11 bits per heavy atom. The molecule has 0 N–H and O–H groups in total. The van der Waals surface area contributed by atoms with Crippen LogP contribution in [0.25, 0.3) is 0 Å². The molecule has 2 aromatic rings. The molecule has 0 atom stereocenters. The van der Waals surface area contributed by atoms with Gasteiger partial charge < -0.3 is 4.74 Å². The zero-order valence-corrected chi connectivity index (χ0v) is 10.5. The molecule has 6 heteroatoms. The van der Waals surface area contributed by atoms with Gasteiger partial charge in [-0.25, -0.2) is 4.79 Å². The van der Waals surface area contributed by atoms with Crippen LogP contribution in [0.5, 0.6) is 5.75 Å². The summed E-state index contributed by atoms with van der Waals surface area (Å²) in [4.78, 5) is 22.3. The molecule has 0 aromatic heterocycles. The highest BCUT2D eigenvalue weighted by Gasteiger charge is 2.12. The zero-order valence-electron chi connectivity index (χ0n) is 9.65. The maximum absolute atomic E-state index is 11.8. The van der Waals surface area contributed by atoms with E-state index in [4.69, 9.17) is 4.74 Å².